The molecule has 0 heterocycles. The quantitative estimate of drug-likeness (QED) is 0.148. The number of unbranched alkanes of at least 4 members (excludes halogenated alkanes) is 8. The van der Waals surface area contributed by atoms with Gasteiger partial charge in [-0.25, -0.2) is 0 Å². The van der Waals surface area contributed by atoms with Gasteiger partial charge in [-0.2, -0.15) is 0 Å². The first-order valence-electron chi connectivity index (χ1n) is 11.4. The molecule has 0 aromatic carbocycles. The van der Waals surface area contributed by atoms with E-state index in [-0.39, 0.29) is 11.9 Å². The molecule has 0 saturated heterocycles. The van der Waals surface area contributed by atoms with Crippen molar-refractivity contribution in [3.05, 3.63) is 12.2 Å². The minimum Gasteiger partial charge on any atom is -0.465 e. The SMILES string of the molecule is CC(C)COC(=O)CCCCCC/C=C/CCCCCCC(=O)OCC(C)C. The minimum atomic E-state index is -0.0546. The number of hydrogen-bond donors (Lipinski definition) is 0. The van der Waals surface area contributed by atoms with E-state index in [0.29, 0.717) is 37.9 Å². The first-order valence-corrected chi connectivity index (χ1v) is 11.4. The van der Waals surface area contributed by atoms with Gasteiger partial charge in [0.1, 0.15) is 0 Å². The maximum absolute atomic E-state index is 11.5. The van der Waals surface area contributed by atoms with Crippen LogP contribution in [0.3, 0.4) is 0 Å². The van der Waals surface area contributed by atoms with Crippen LogP contribution in [0.4, 0.5) is 0 Å². The molecule has 0 aliphatic carbocycles. The number of carbonyl (C=O) groups is 2. The lowest BCUT2D eigenvalue weighted by molar-refractivity contribution is -0.145. The second-order valence-corrected chi connectivity index (χ2v) is 8.53. The van der Waals surface area contributed by atoms with Gasteiger partial charge in [-0.1, -0.05) is 65.5 Å². The summed E-state index contributed by atoms with van der Waals surface area (Å²) in [5, 5.41) is 0. The van der Waals surface area contributed by atoms with Crippen LogP contribution in [0.1, 0.15) is 105 Å². The Morgan fingerprint density at radius 1 is 0.607 bits per heavy atom. The fourth-order valence-electron chi connectivity index (χ4n) is 2.67. The predicted molar refractivity (Wildman–Crippen MR) is 116 cm³/mol. The molecule has 0 radical (unpaired) electrons. The lowest BCUT2D eigenvalue weighted by atomic mass is 10.1. The second-order valence-electron chi connectivity index (χ2n) is 8.53. The van der Waals surface area contributed by atoms with Crippen molar-refractivity contribution in [2.75, 3.05) is 13.2 Å². The van der Waals surface area contributed by atoms with Crippen molar-refractivity contribution in [3.8, 4) is 0 Å². The van der Waals surface area contributed by atoms with Crippen LogP contribution >= 0.6 is 0 Å². The van der Waals surface area contributed by atoms with E-state index in [1.165, 1.54) is 25.7 Å². The van der Waals surface area contributed by atoms with Gasteiger partial charge in [-0.05, 0) is 50.4 Å². The van der Waals surface area contributed by atoms with Crippen LogP contribution in [0, 0.1) is 11.8 Å². The van der Waals surface area contributed by atoms with Crippen LogP contribution in [0.5, 0.6) is 0 Å². The predicted octanol–water partition coefficient (Wildman–Crippen LogP) is 6.62. The van der Waals surface area contributed by atoms with Gasteiger partial charge >= 0.3 is 11.9 Å². The summed E-state index contributed by atoms with van der Waals surface area (Å²) in [6.07, 6.45) is 16.7. The maximum atomic E-state index is 11.5. The highest BCUT2D eigenvalue weighted by Crippen LogP contribution is 2.10. The zero-order valence-corrected chi connectivity index (χ0v) is 18.8. The Morgan fingerprint density at radius 3 is 1.32 bits per heavy atom. The average Bonchev–Trinajstić information content (AvgIpc) is 2.64. The van der Waals surface area contributed by atoms with Crippen molar-refractivity contribution >= 4 is 11.9 Å². The fraction of sp³-hybridized carbons (Fsp3) is 0.833. The van der Waals surface area contributed by atoms with E-state index in [1.807, 2.05) is 27.7 Å². The lowest BCUT2D eigenvalue weighted by Gasteiger charge is -2.06. The number of hydrogen-bond acceptors (Lipinski definition) is 4. The molecule has 0 aromatic heterocycles. The largest absolute Gasteiger partial charge is 0.465 e. The number of esters is 2. The normalized spacial score (nSPS) is 11.5. The van der Waals surface area contributed by atoms with Crippen molar-refractivity contribution in [2.24, 2.45) is 11.8 Å². The molecule has 164 valence electrons. The maximum Gasteiger partial charge on any atom is 0.305 e. The van der Waals surface area contributed by atoms with E-state index in [0.717, 1.165) is 38.5 Å². The zero-order valence-electron chi connectivity index (χ0n) is 18.8. The van der Waals surface area contributed by atoms with Crippen LogP contribution in [-0.2, 0) is 19.1 Å². The molecule has 0 saturated carbocycles. The van der Waals surface area contributed by atoms with E-state index in [2.05, 4.69) is 12.2 Å². The Labute approximate surface area is 173 Å². The Morgan fingerprint density at radius 2 is 0.964 bits per heavy atom. The second kappa shape index (κ2) is 19.0. The van der Waals surface area contributed by atoms with Crippen molar-refractivity contribution in [1.82, 2.24) is 0 Å². The van der Waals surface area contributed by atoms with Gasteiger partial charge in [-0.3, -0.25) is 9.59 Å². The van der Waals surface area contributed by atoms with Crippen molar-refractivity contribution in [3.63, 3.8) is 0 Å². The van der Waals surface area contributed by atoms with Crippen LogP contribution in [-0.4, -0.2) is 25.2 Å². The summed E-state index contributed by atoms with van der Waals surface area (Å²) in [6.45, 7) is 9.27. The molecule has 0 bridgehead atoms. The number of ether oxygens (including phenoxy) is 2. The van der Waals surface area contributed by atoms with Crippen LogP contribution in [0.2, 0.25) is 0 Å². The van der Waals surface area contributed by atoms with Gasteiger partial charge < -0.3 is 9.47 Å². The van der Waals surface area contributed by atoms with Crippen LogP contribution in [0.25, 0.3) is 0 Å². The molecule has 0 N–H and O–H groups in total. The van der Waals surface area contributed by atoms with Crippen LogP contribution in [0.15, 0.2) is 12.2 Å². The molecule has 0 aliphatic heterocycles. The van der Waals surface area contributed by atoms with E-state index in [4.69, 9.17) is 9.47 Å². The molecule has 4 heteroatoms. The van der Waals surface area contributed by atoms with E-state index < -0.39 is 0 Å². The monoisotopic (exact) mass is 396 g/mol. The summed E-state index contributed by atoms with van der Waals surface area (Å²) in [5.41, 5.74) is 0. The van der Waals surface area contributed by atoms with Crippen LogP contribution < -0.4 is 0 Å². The Balaban J connectivity index is 3.30. The van der Waals surface area contributed by atoms with Crippen molar-refractivity contribution < 1.29 is 19.1 Å². The average molecular weight is 397 g/mol. The highest BCUT2D eigenvalue weighted by molar-refractivity contribution is 5.69. The third kappa shape index (κ3) is 21.0. The summed E-state index contributed by atoms with van der Waals surface area (Å²) in [7, 11) is 0. The molecule has 0 amide bonds. The smallest absolute Gasteiger partial charge is 0.305 e. The van der Waals surface area contributed by atoms with E-state index in [9.17, 15) is 9.59 Å². The summed E-state index contributed by atoms with van der Waals surface area (Å²) in [5.74, 6) is 0.713. The van der Waals surface area contributed by atoms with E-state index in [1.54, 1.807) is 0 Å². The number of allylic oxidation sites excluding steroid dienone is 2. The topological polar surface area (TPSA) is 52.6 Å². The zero-order chi connectivity index (χ0) is 21.0. The summed E-state index contributed by atoms with van der Waals surface area (Å²) in [4.78, 5) is 23.0. The Hall–Kier alpha value is -1.32. The molecule has 28 heavy (non-hydrogen) atoms. The van der Waals surface area contributed by atoms with Gasteiger partial charge in [0.25, 0.3) is 0 Å². The molecular weight excluding hydrogens is 352 g/mol. The molecular formula is C24H44O4. The van der Waals surface area contributed by atoms with Crippen molar-refractivity contribution in [2.45, 2.75) is 105 Å². The molecule has 0 spiro atoms. The molecule has 0 aromatic rings. The number of carbonyl (C=O) groups excluding carboxylic acids is 2. The lowest BCUT2D eigenvalue weighted by Crippen LogP contribution is -2.09. The molecule has 0 rings (SSSR count). The van der Waals surface area contributed by atoms with Gasteiger partial charge in [-0.15, -0.1) is 0 Å². The minimum absolute atomic E-state index is 0.0546. The van der Waals surface area contributed by atoms with Gasteiger partial charge in [0.15, 0.2) is 0 Å². The van der Waals surface area contributed by atoms with Gasteiger partial charge in [0, 0.05) is 12.8 Å². The Kier molecular flexibility index (Phi) is 18.1. The van der Waals surface area contributed by atoms with Gasteiger partial charge in [0.2, 0.25) is 0 Å². The molecule has 0 fully saturated rings. The first kappa shape index (κ1) is 26.7. The fourth-order valence-corrected chi connectivity index (χ4v) is 2.67. The molecule has 0 aliphatic rings. The highest BCUT2D eigenvalue weighted by Gasteiger charge is 2.04. The number of rotatable bonds is 18. The highest BCUT2D eigenvalue weighted by atomic mass is 16.5. The summed E-state index contributed by atoms with van der Waals surface area (Å²) >= 11 is 0. The third-order valence-corrected chi connectivity index (χ3v) is 4.33. The molecule has 4 nitrogen and oxygen atoms in total. The summed E-state index contributed by atoms with van der Waals surface area (Å²) < 4.78 is 10.3. The van der Waals surface area contributed by atoms with Crippen molar-refractivity contribution in [1.29, 1.82) is 0 Å². The van der Waals surface area contributed by atoms with E-state index >= 15 is 0 Å². The molecule has 0 atom stereocenters. The standard InChI is InChI=1S/C24H44O4/c1-21(2)19-27-23(25)17-15-13-11-9-7-5-6-8-10-12-14-16-18-24(26)28-20-22(3)4/h5-6,21-22H,7-20H2,1-4H3/b6-5+. The first-order chi connectivity index (χ1) is 13.4. The Bertz CT molecular complexity index is 375. The summed E-state index contributed by atoms with van der Waals surface area (Å²) in [6, 6.07) is 0. The molecule has 0 unspecified atom stereocenters. The van der Waals surface area contributed by atoms with Gasteiger partial charge in [0.05, 0.1) is 13.2 Å². The third-order valence-electron chi connectivity index (χ3n) is 4.33.